The Morgan fingerprint density at radius 1 is 0.957 bits per heavy atom. The highest BCUT2D eigenvalue weighted by Gasteiger charge is 2.65. The molecule has 0 heterocycles. The molecule has 0 bridgehead atoms. The van der Waals surface area contributed by atoms with Gasteiger partial charge in [-0.3, -0.25) is 0 Å². The van der Waals surface area contributed by atoms with E-state index in [1.165, 1.54) is 0 Å². The van der Waals surface area contributed by atoms with Crippen LogP contribution >= 0.6 is 0 Å². The highest BCUT2D eigenvalue weighted by atomic mass is 15.5. The van der Waals surface area contributed by atoms with Crippen LogP contribution in [0.2, 0.25) is 0 Å². The minimum absolute atomic E-state index is 0.254. The number of nitrogens with one attached hydrogen (secondary N) is 1. The highest BCUT2D eigenvalue weighted by molar-refractivity contribution is 5.55. The maximum Gasteiger partial charge on any atom is 0.216 e. The molecule has 0 saturated carbocycles. The van der Waals surface area contributed by atoms with Crippen LogP contribution in [-0.2, 0) is 0 Å². The second-order valence-corrected chi connectivity index (χ2v) is 5.48. The van der Waals surface area contributed by atoms with E-state index < -0.39 is 16.7 Å². The maximum atomic E-state index is 9.75. The summed E-state index contributed by atoms with van der Waals surface area (Å²) in [5.74, 6) is -0.680. The summed E-state index contributed by atoms with van der Waals surface area (Å²) in [6.07, 6.45) is 1.63. The summed E-state index contributed by atoms with van der Waals surface area (Å²) in [7, 11) is 3.41. The average Bonchev–Trinajstić information content (AvgIpc) is 2.85. The van der Waals surface area contributed by atoms with Gasteiger partial charge in [0.1, 0.15) is 0 Å². The molecule has 1 N–H and O–H groups in total. The Morgan fingerprint density at radius 2 is 1.52 bits per heavy atom. The molecular formula is C17H14N6. The molecular weight excluding hydrogens is 288 g/mol. The summed E-state index contributed by atoms with van der Waals surface area (Å²) in [6.45, 7) is 0. The van der Waals surface area contributed by atoms with Crippen LogP contribution in [0, 0.1) is 56.2 Å². The van der Waals surface area contributed by atoms with Gasteiger partial charge >= 0.3 is 0 Å². The van der Waals surface area contributed by atoms with E-state index in [0.29, 0.717) is 5.56 Å². The van der Waals surface area contributed by atoms with Gasteiger partial charge in [-0.25, -0.2) is 5.01 Å². The zero-order chi connectivity index (χ0) is 17.1. The van der Waals surface area contributed by atoms with Crippen LogP contribution in [0.1, 0.15) is 11.5 Å². The fourth-order valence-corrected chi connectivity index (χ4v) is 2.88. The van der Waals surface area contributed by atoms with Crippen LogP contribution in [0.15, 0.2) is 42.1 Å². The molecule has 2 rings (SSSR count). The Morgan fingerprint density at radius 3 is 1.96 bits per heavy atom. The van der Waals surface area contributed by atoms with Crippen molar-refractivity contribution in [3.63, 3.8) is 0 Å². The van der Waals surface area contributed by atoms with Crippen molar-refractivity contribution in [3.8, 4) is 24.3 Å². The summed E-state index contributed by atoms with van der Waals surface area (Å²) in [5.41, 5.74) is 0.157. The Labute approximate surface area is 135 Å². The van der Waals surface area contributed by atoms with Crippen molar-refractivity contribution in [2.75, 3.05) is 14.1 Å². The molecule has 1 aliphatic carbocycles. The minimum atomic E-state index is -1.89. The molecule has 0 aromatic heterocycles. The number of hydrogen-bond acceptors (Lipinski definition) is 6. The van der Waals surface area contributed by atoms with Crippen molar-refractivity contribution in [2.45, 2.75) is 5.92 Å². The molecule has 1 unspecified atom stereocenters. The lowest BCUT2D eigenvalue weighted by molar-refractivity contribution is 0.269. The van der Waals surface area contributed by atoms with E-state index >= 15 is 0 Å². The third-order valence-corrected chi connectivity index (χ3v) is 3.99. The van der Waals surface area contributed by atoms with Crippen molar-refractivity contribution in [2.24, 2.45) is 10.8 Å². The summed E-state index contributed by atoms with van der Waals surface area (Å²) < 4.78 is 0. The lowest BCUT2D eigenvalue weighted by Gasteiger charge is -2.31. The van der Waals surface area contributed by atoms with Gasteiger partial charge in [0.05, 0.1) is 30.0 Å². The summed E-state index contributed by atoms with van der Waals surface area (Å²) in [5, 5.41) is 40.4. The van der Waals surface area contributed by atoms with Gasteiger partial charge in [-0.2, -0.15) is 21.0 Å². The molecule has 0 saturated heterocycles. The molecule has 0 radical (unpaired) electrons. The quantitative estimate of drug-likeness (QED) is 0.852. The van der Waals surface area contributed by atoms with Crippen molar-refractivity contribution < 1.29 is 0 Å². The molecule has 6 nitrogen and oxygen atoms in total. The Hall–Kier alpha value is -3.32. The molecule has 112 valence electrons. The molecule has 1 aliphatic rings. The highest BCUT2D eigenvalue weighted by Crippen LogP contribution is 2.58. The second kappa shape index (κ2) is 5.82. The first-order valence-electron chi connectivity index (χ1n) is 6.87. The smallest absolute Gasteiger partial charge is 0.216 e. The standard InChI is InChI=1S/C17H14N6/c1-23(2)22-15-8-14(13-6-4-3-5-7-13)16(9-18,10-19)17(15,11-20)12-21/h3-8,14,22H,1-2H3. The van der Waals surface area contributed by atoms with Crippen LogP contribution in [-0.4, -0.2) is 19.1 Å². The molecule has 0 spiro atoms. The first kappa shape index (κ1) is 16.1. The molecule has 1 aromatic rings. The van der Waals surface area contributed by atoms with E-state index in [2.05, 4.69) is 5.43 Å². The van der Waals surface area contributed by atoms with Crippen LogP contribution < -0.4 is 5.43 Å². The van der Waals surface area contributed by atoms with E-state index in [9.17, 15) is 21.0 Å². The van der Waals surface area contributed by atoms with Gasteiger partial charge in [0, 0.05) is 20.0 Å². The molecule has 6 heteroatoms. The van der Waals surface area contributed by atoms with Crippen LogP contribution in [0.4, 0.5) is 0 Å². The number of benzene rings is 1. The van der Waals surface area contributed by atoms with E-state index in [1.54, 1.807) is 49.4 Å². The predicted octanol–water partition coefficient (Wildman–Crippen LogP) is 1.80. The predicted molar refractivity (Wildman–Crippen MR) is 81.4 cm³/mol. The fourth-order valence-electron chi connectivity index (χ4n) is 2.88. The first-order valence-corrected chi connectivity index (χ1v) is 6.87. The van der Waals surface area contributed by atoms with Crippen molar-refractivity contribution >= 4 is 0 Å². The van der Waals surface area contributed by atoms with Gasteiger partial charge in [0.15, 0.2) is 5.41 Å². The van der Waals surface area contributed by atoms with Crippen LogP contribution in [0.5, 0.6) is 0 Å². The average molecular weight is 302 g/mol. The SMILES string of the molecule is CN(C)NC1=CC(c2ccccc2)C(C#N)(C#N)C1(C#N)C#N. The van der Waals surface area contributed by atoms with Crippen molar-refractivity contribution in [3.05, 3.63) is 47.7 Å². The largest absolute Gasteiger partial charge is 0.321 e. The molecule has 0 aliphatic heterocycles. The van der Waals surface area contributed by atoms with Gasteiger partial charge < -0.3 is 5.43 Å². The number of hydrogen-bond donors (Lipinski definition) is 1. The van der Waals surface area contributed by atoms with Gasteiger partial charge in [-0.15, -0.1) is 0 Å². The Bertz CT molecular complexity index is 767. The van der Waals surface area contributed by atoms with Gasteiger partial charge in [0.2, 0.25) is 5.41 Å². The normalized spacial score (nSPS) is 20.5. The zero-order valence-corrected chi connectivity index (χ0v) is 12.8. The topological polar surface area (TPSA) is 110 Å². The number of nitriles is 4. The van der Waals surface area contributed by atoms with E-state index in [1.807, 2.05) is 30.3 Å². The molecule has 1 aromatic carbocycles. The molecule has 0 fully saturated rings. The van der Waals surface area contributed by atoms with Crippen molar-refractivity contribution in [1.29, 1.82) is 21.0 Å². The van der Waals surface area contributed by atoms with Gasteiger partial charge in [0.25, 0.3) is 0 Å². The monoisotopic (exact) mass is 302 g/mol. The zero-order valence-electron chi connectivity index (χ0n) is 12.8. The second-order valence-electron chi connectivity index (χ2n) is 5.48. The first-order chi connectivity index (χ1) is 11.0. The van der Waals surface area contributed by atoms with E-state index in [0.717, 1.165) is 0 Å². The van der Waals surface area contributed by atoms with Gasteiger partial charge in [-0.05, 0) is 5.56 Å². The number of hydrazine groups is 1. The number of allylic oxidation sites excluding steroid dienone is 2. The summed E-state index contributed by atoms with van der Waals surface area (Å²) in [4.78, 5) is 0. The van der Waals surface area contributed by atoms with Crippen LogP contribution in [0.3, 0.4) is 0 Å². The summed E-state index contributed by atoms with van der Waals surface area (Å²) in [6, 6.07) is 16.7. The van der Waals surface area contributed by atoms with E-state index in [4.69, 9.17) is 0 Å². The Balaban J connectivity index is 2.76. The number of nitrogens with zero attached hydrogens (tertiary/aromatic N) is 5. The third kappa shape index (κ3) is 2.11. The lowest BCUT2D eigenvalue weighted by atomic mass is 9.62. The molecule has 0 amide bonds. The molecule has 1 atom stereocenters. The Kier molecular flexibility index (Phi) is 4.06. The minimum Gasteiger partial charge on any atom is -0.321 e. The van der Waals surface area contributed by atoms with Crippen LogP contribution in [0.25, 0.3) is 0 Å². The third-order valence-electron chi connectivity index (χ3n) is 3.99. The number of rotatable bonds is 3. The maximum absolute atomic E-state index is 9.75. The molecule has 23 heavy (non-hydrogen) atoms. The van der Waals surface area contributed by atoms with Crippen molar-refractivity contribution in [1.82, 2.24) is 10.4 Å². The lowest BCUT2D eigenvalue weighted by Crippen LogP contribution is -2.44. The van der Waals surface area contributed by atoms with E-state index in [-0.39, 0.29) is 5.70 Å². The summed E-state index contributed by atoms with van der Waals surface area (Å²) >= 11 is 0. The fraction of sp³-hybridized carbons (Fsp3) is 0.294. The van der Waals surface area contributed by atoms with Gasteiger partial charge in [-0.1, -0.05) is 36.4 Å².